The van der Waals surface area contributed by atoms with E-state index in [-0.39, 0.29) is 22.2 Å². The molecule has 0 saturated heterocycles. The molecule has 0 atom stereocenters. The average Bonchev–Trinajstić information content (AvgIpc) is 3.32. The molecule has 0 unspecified atom stereocenters. The number of nitrogens with one attached hydrogen (secondary N) is 2. The normalized spacial score (nSPS) is 11.1. The fourth-order valence-electron chi connectivity index (χ4n) is 3.13. The molecule has 34 heavy (non-hydrogen) atoms. The summed E-state index contributed by atoms with van der Waals surface area (Å²) in [5, 5.41) is 4.99. The lowest BCUT2D eigenvalue weighted by atomic mass is 10.2. The van der Waals surface area contributed by atoms with Crippen LogP contribution in [0.2, 0.25) is 0 Å². The SMILES string of the molecule is COc1ncc(NC(=O)c2csc(-c3ccccc3)n2)cc1S(=O)(=O)Nc1ccc(C)nc1C. The van der Waals surface area contributed by atoms with Crippen molar-refractivity contribution in [2.75, 3.05) is 17.1 Å². The Hall–Kier alpha value is -3.83. The Morgan fingerprint density at radius 3 is 2.53 bits per heavy atom. The minimum absolute atomic E-state index is 0.108. The minimum atomic E-state index is -4.09. The van der Waals surface area contributed by atoms with Crippen LogP contribution in [0.1, 0.15) is 21.9 Å². The molecule has 3 aromatic heterocycles. The summed E-state index contributed by atoms with van der Waals surface area (Å²) in [5.74, 6) is -0.594. The first-order valence-electron chi connectivity index (χ1n) is 10.1. The molecular formula is C23H21N5O4S2. The molecule has 4 rings (SSSR count). The van der Waals surface area contributed by atoms with Crippen molar-refractivity contribution in [1.29, 1.82) is 0 Å². The van der Waals surface area contributed by atoms with E-state index in [9.17, 15) is 13.2 Å². The van der Waals surface area contributed by atoms with Crippen molar-refractivity contribution < 1.29 is 17.9 Å². The van der Waals surface area contributed by atoms with E-state index in [0.29, 0.717) is 16.4 Å². The smallest absolute Gasteiger partial charge is 0.275 e. The largest absolute Gasteiger partial charge is 0.480 e. The van der Waals surface area contributed by atoms with Crippen LogP contribution in [0, 0.1) is 13.8 Å². The van der Waals surface area contributed by atoms with Crippen molar-refractivity contribution in [2.24, 2.45) is 0 Å². The number of nitrogens with zero attached hydrogens (tertiary/aromatic N) is 3. The number of carbonyl (C=O) groups is 1. The fourth-order valence-corrected chi connectivity index (χ4v) is 5.20. The van der Waals surface area contributed by atoms with Crippen molar-refractivity contribution in [3.05, 3.63) is 77.2 Å². The predicted molar refractivity (Wildman–Crippen MR) is 131 cm³/mol. The molecule has 0 radical (unpaired) electrons. The van der Waals surface area contributed by atoms with Crippen molar-refractivity contribution in [2.45, 2.75) is 18.7 Å². The van der Waals surface area contributed by atoms with Gasteiger partial charge in [-0.2, -0.15) is 0 Å². The molecule has 0 saturated carbocycles. The number of rotatable bonds is 7. The summed E-state index contributed by atoms with van der Waals surface area (Å²) < 4.78 is 33.9. The molecule has 0 aliphatic heterocycles. The van der Waals surface area contributed by atoms with Gasteiger partial charge in [-0.1, -0.05) is 30.3 Å². The molecule has 3 heterocycles. The maximum absolute atomic E-state index is 13.1. The number of benzene rings is 1. The van der Waals surface area contributed by atoms with Gasteiger partial charge in [-0.15, -0.1) is 11.3 Å². The first-order valence-corrected chi connectivity index (χ1v) is 12.5. The Morgan fingerprint density at radius 2 is 1.82 bits per heavy atom. The van der Waals surface area contributed by atoms with Gasteiger partial charge in [0.1, 0.15) is 10.7 Å². The maximum Gasteiger partial charge on any atom is 0.275 e. The molecule has 0 aliphatic carbocycles. The number of carbonyl (C=O) groups excluding carboxylic acids is 1. The van der Waals surface area contributed by atoms with E-state index in [2.05, 4.69) is 25.0 Å². The Morgan fingerprint density at radius 1 is 1.06 bits per heavy atom. The third-order valence-electron chi connectivity index (χ3n) is 4.79. The van der Waals surface area contributed by atoms with E-state index in [1.54, 1.807) is 24.4 Å². The monoisotopic (exact) mass is 495 g/mol. The number of anilines is 2. The van der Waals surface area contributed by atoms with Gasteiger partial charge < -0.3 is 10.1 Å². The van der Waals surface area contributed by atoms with Gasteiger partial charge in [0.05, 0.1) is 30.4 Å². The predicted octanol–water partition coefficient (Wildman–Crippen LogP) is 4.28. The summed E-state index contributed by atoms with van der Waals surface area (Å²) in [4.78, 5) is 25.2. The van der Waals surface area contributed by atoms with Gasteiger partial charge in [0.25, 0.3) is 15.9 Å². The molecule has 1 amide bonds. The second-order valence-electron chi connectivity index (χ2n) is 7.28. The summed E-state index contributed by atoms with van der Waals surface area (Å²) >= 11 is 1.34. The van der Waals surface area contributed by atoms with Crippen molar-refractivity contribution >= 4 is 38.6 Å². The van der Waals surface area contributed by atoms with E-state index in [1.165, 1.54) is 30.7 Å². The molecule has 11 heteroatoms. The Balaban J connectivity index is 1.59. The Bertz CT molecular complexity index is 1450. The van der Waals surface area contributed by atoms with Crippen LogP contribution < -0.4 is 14.8 Å². The summed E-state index contributed by atoms with van der Waals surface area (Å²) in [6.45, 7) is 3.52. The Kier molecular flexibility index (Phi) is 6.57. The molecule has 4 aromatic rings. The highest BCUT2D eigenvalue weighted by Crippen LogP contribution is 2.28. The molecule has 174 valence electrons. The topological polar surface area (TPSA) is 123 Å². The zero-order valence-electron chi connectivity index (χ0n) is 18.6. The number of sulfonamides is 1. The van der Waals surface area contributed by atoms with Gasteiger partial charge >= 0.3 is 0 Å². The summed E-state index contributed by atoms with van der Waals surface area (Å²) in [6, 6.07) is 14.1. The second-order valence-corrected chi connectivity index (χ2v) is 9.79. The number of methoxy groups -OCH3 is 1. The molecule has 0 aliphatic rings. The standard InChI is InChI=1S/C23H21N5O4S2/c1-14-9-10-18(15(2)25-14)28-34(30,31)20-11-17(12-24-22(20)32-3)26-21(29)19-13-33-23(27-19)16-7-5-4-6-8-16/h4-13,28H,1-3H3,(H,26,29). The number of ether oxygens (including phenoxy) is 1. The number of hydrogen-bond acceptors (Lipinski definition) is 8. The number of aryl methyl sites for hydroxylation is 2. The maximum atomic E-state index is 13.1. The third-order valence-corrected chi connectivity index (χ3v) is 7.04. The van der Waals surface area contributed by atoms with Gasteiger partial charge in [-0.25, -0.2) is 18.4 Å². The number of aromatic nitrogens is 3. The van der Waals surface area contributed by atoms with Crippen LogP contribution in [-0.2, 0) is 10.0 Å². The average molecular weight is 496 g/mol. The van der Waals surface area contributed by atoms with Crippen LogP contribution in [0.15, 0.2) is 65.0 Å². The fraction of sp³-hybridized carbons (Fsp3) is 0.130. The lowest BCUT2D eigenvalue weighted by Crippen LogP contribution is -2.17. The van der Waals surface area contributed by atoms with Crippen LogP contribution in [0.5, 0.6) is 5.88 Å². The van der Waals surface area contributed by atoms with E-state index in [4.69, 9.17) is 4.74 Å². The van der Waals surface area contributed by atoms with Gasteiger partial charge in [-0.3, -0.25) is 14.5 Å². The molecule has 0 bridgehead atoms. The highest BCUT2D eigenvalue weighted by Gasteiger charge is 2.23. The summed E-state index contributed by atoms with van der Waals surface area (Å²) in [7, 11) is -2.77. The van der Waals surface area contributed by atoms with Gasteiger partial charge in [0.15, 0.2) is 4.90 Å². The van der Waals surface area contributed by atoms with E-state index in [0.717, 1.165) is 11.3 Å². The first kappa shape index (κ1) is 23.3. The lowest BCUT2D eigenvalue weighted by molar-refractivity contribution is 0.102. The van der Waals surface area contributed by atoms with Crippen molar-refractivity contribution in [3.63, 3.8) is 0 Å². The molecule has 9 nitrogen and oxygen atoms in total. The lowest BCUT2D eigenvalue weighted by Gasteiger charge is -2.14. The van der Waals surface area contributed by atoms with Gasteiger partial charge in [-0.05, 0) is 32.0 Å². The summed E-state index contributed by atoms with van der Waals surface area (Å²) in [6.07, 6.45) is 1.32. The van der Waals surface area contributed by atoms with Crippen LogP contribution in [0.25, 0.3) is 10.6 Å². The highest BCUT2D eigenvalue weighted by molar-refractivity contribution is 7.92. The van der Waals surface area contributed by atoms with Gasteiger partial charge in [0.2, 0.25) is 5.88 Å². The first-order chi connectivity index (χ1) is 16.3. The zero-order chi connectivity index (χ0) is 24.3. The van der Waals surface area contributed by atoms with Crippen LogP contribution in [0.4, 0.5) is 11.4 Å². The Labute approximate surface area is 200 Å². The number of pyridine rings is 2. The highest BCUT2D eigenvalue weighted by atomic mass is 32.2. The molecule has 0 fully saturated rings. The van der Waals surface area contributed by atoms with E-state index in [1.807, 2.05) is 37.3 Å². The molecule has 0 spiro atoms. The third kappa shape index (κ3) is 5.05. The number of thiazole rings is 1. The van der Waals surface area contributed by atoms with Gasteiger partial charge in [0, 0.05) is 16.6 Å². The van der Waals surface area contributed by atoms with Crippen molar-refractivity contribution in [1.82, 2.24) is 15.0 Å². The minimum Gasteiger partial charge on any atom is -0.480 e. The second kappa shape index (κ2) is 9.57. The van der Waals surface area contributed by atoms with Crippen LogP contribution in [-0.4, -0.2) is 36.4 Å². The van der Waals surface area contributed by atoms with E-state index >= 15 is 0 Å². The number of amides is 1. The van der Waals surface area contributed by atoms with Crippen LogP contribution in [0.3, 0.4) is 0 Å². The van der Waals surface area contributed by atoms with Crippen LogP contribution >= 0.6 is 11.3 Å². The summed E-state index contributed by atoms with van der Waals surface area (Å²) in [5.41, 5.74) is 2.92. The molecule has 2 N–H and O–H groups in total. The molecular weight excluding hydrogens is 474 g/mol. The zero-order valence-corrected chi connectivity index (χ0v) is 20.2. The van der Waals surface area contributed by atoms with E-state index < -0.39 is 15.9 Å². The quantitative estimate of drug-likeness (QED) is 0.392. The van der Waals surface area contributed by atoms with Crippen molar-refractivity contribution in [3.8, 4) is 16.5 Å². The molecule has 1 aromatic carbocycles. The number of hydrogen-bond donors (Lipinski definition) is 2.